The lowest BCUT2D eigenvalue weighted by atomic mass is 9.99. The summed E-state index contributed by atoms with van der Waals surface area (Å²) in [7, 11) is -5.07. The van der Waals surface area contributed by atoms with Crippen LogP contribution < -0.4 is 0 Å². The molecule has 0 spiro atoms. The van der Waals surface area contributed by atoms with Crippen LogP contribution >= 0.6 is 0 Å². The molecule has 0 bridgehead atoms. The molecule has 1 heterocycles. The van der Waals surface area contributed by atoms with Crippen LogP contribution in [0.1, 0.15) is 271 Å². The lowest BCUT2D eigenvalue weighted by molar-refractivity contribution is -0.301. The summed E-state index contributed by atoms with van der Waals surface area (Å²) in [6.45, 7) is 4.04. The zero-order valence-electron chi connectivity index (χ0n) is 44.8. The van der Waals surface area contributed by atoms with Crippen molar-refractivity contribution in [2.75, 3.05) is 26.4 Å². The number of hydrogen-bond acceptors (Lipinski definition) is 11. The van der Waals surface area contributed by atoms with E-state index in [-0.39, 0.29) is 19.6 Å². The first-order valence-corrected chi connectivity index (χ1v) is 30.5. The second-order valence-corrected chi connectivity index (χ2v) is 21.3. The Morgan fingerprint density at radius 1 is 0.529 bits per heavy atom. The molecule has 1 aliphatic rings. The van der Waals surface area contributed by atoms with Gasteiger partial charge in [-0.15, -0.1) is 0 Å². The SMILES string of the molecule is CCCCCCCC/C=C\CCCCCCCCCCCCOCC(COC1OC(CO)C(O)C(OS(=O)(=O)O)C1O)OC(=O)CCCCCCCCCCCCC/C=C\CCCCCCCCCC. The Morgan fingerprint density at radius 3 is 1.29 bits per heavy atom. The smallest absolute Gasteiger partial charge is 0.397 e. The van der Waals surface area contributed by atoms with E-state index in [9.17, 15) is 33.1 Å². The number of rotatable bonds is 52. The van der Waals surface area contributed by atoms with Gasteiger partial charge in [-0.1, -0.05) is 224 Å². The summed E-state index contributed by atoms with van der Waals surface area (Å²) in [4.78, 5) is 13.0. The number of aliphatic hydroxyl groups is 3. The fraction of sp³-hybridized carbons (Fsp3) is 0.912. The topological polar surface area (TPSA) is 178 Å². The van der Waals surface area contributed by atoms with Crippen molar-refractivity contribution >= 4 is 16.4 Å². The van der Waals surface area contributed by atoms with Crippen molar-refractivity contribution in [3.63, 3.8) is 0 Å². The van der Waals surface area contributed by atoms with Crippen LogP contribution in [0.4, 0.5) is 0 Å². The van der Waals surface area contributed by atoms with E-state index in [0.717, 1.165) is 38.5 Å². The number of carbonyl (C=O) groups is 1. The van der Waals surface area contributed by atoms with Gasteiger partial charge in [-0.2, -0.15) is 8.42 Å². The highest BCUT2D eigenvalue weighted by atomic mass is 32.3. The first-order chi connectivity index (χ1) is 34.1. The van der Waals surface area contributed by atoms with E-state index in [0.29, 0.717) is 13.0 Å². The molecule has 0 aromatic heterocycles. The Kier molecular flexibility index (Phi) is 46.2. The third-order valence-electron chi connectivity index (χ3n) is 13.5. The summed E-state index contributed by atoms with van der Waals surface area (Å²) in [6.07, 6.45) is 49.3. The Balaban J connectivity index is 2.29. The van der Waals surface area contributed by atoms with Crippen molar-refractivity contribution in [1.82, 2.24) is 0 Å². The molecule has 4 N–H and O–H groups in total. The predicted octanol–water partition coefficient (Wildman–Crippen LogP) is 14.3. The van der Waals surface area contributed by atoms with Crippen LogP contribution in [0.25, 0.3) is 0 Å². The van der Waals surface area contributed by atoms with Gasteiger partial charge >= 0.3 is 16.4 Å². The normalized spacial score (nSPS) is 19.2. The summed E-state index contributed by atoms with van der Waals surface area (Å²) >= 11 is 0. The molecule has 6 atom stereocenters. The van der Waals surface area contributed by atoms with Gasteiger partial charge < -0.3 is 34.3 Å². The van der Waals surface area contributed by atoms with Crippen molar-refractivity contribution in [1.29, 1.82) is 0 Å². The lowest BCUT2D eigenvalue weighted by Crippen LogP contribution is -2.60. The van der Waals surface area contributed by atoms with E-state index in [1.54, 1.807) is 0 Å². The zero-order valence-corrected chi connectivity index (χ0v) is 45.7. The van der Waals surface area contributed by atoms with Gasteiger partial charge in [-0.25, -0.2) is 4.18 Å². The Hall–Kier alpha value is -1.42. The molecule has 0 saturated carbocycles. The maximum absolute atomic E-state index is 13.0. The molecule has 414 valence electrons. The third-order valence-corrected chi connectivity index (χ3v) is 14.0. The average molecular weight is 1020 g/mol. The van der Waals surface area contributed by atoms with Crippen molar-refractivity contribution in [3.8, 4) is 0 Å². The molecule has 12 nitrogen and oxygen atoms in total. The van der Waals surface area contributed by atoms with Crippen molar-refractivity contribution in [3.05, 3.63) is 24.3 Å². The number of ether oxygens (including phenoxy) is 4. The molecule has 0 aromatic carbocycles. The minimum absolute atomic E-state index is 0.0386. The quantitative estimate of drug-likeness (QED) is 0.0196. The van der Waals surface area contributed by atoms with E-state index >= 15 is 0 Å². The Bertz CT molecular complexity index is 1310. The average Bonchev–Trinajstić information content (AvgIpc) is 3.34. The lowest BCUT2D eigenvalue weighted by Gasteiger charge is -2.41. The molecular formula is C57H108O12S. The minimum Gasteiger partial charge on any atom is -0.457 e. The number of unbranched alkanes of at least 4 members (excludes halogenated alkanes) is 35. The molecule has 0 amide bonds. The van der Waals surface area contributed by atoms with Crippen LogP contribution in [0.3, 0.4) is 0 Å². The maximum atomic E-state index is 13.0. The third kappa shape index (κ3) is 41.0. The highest BCUT2D eigenvalue weighted by molar-refractivity contribution is 7.80. The van der Waals surface area contributed by atoms with Crippen LogP contribution in [0.2, 0.25) is 0 Å². The molecular weight excluding hydrogens is 909 g/mol. The molecule has 1 saturated heterocycles. The van der Waals surface area contributed by atoms with Gasteiger partial charge in [0.1, 0.15) is 30.5 Å². The van der Waals surface area contributed by atoms with E-state index in [4.69, 9.17) is 18.9 Å². The van der Waals surface area contributed by atoms with Gasteiger partial charge in [-0.05, 0) is 64.2 Å². The van der Waals surface area contributed by atoms with Crippen LogP contribution in [0.5, 0.6) is 0 Å². The number of allylic oxidation sites excluding steroid dienone is 4. The van der Waals surface area contributed by atoms with E-state index < -0.39 is 59.8 Å². The van der Waals surface area contributed by atoms with Crippen LogP contribution in [0, 0.1) is 0 Å². The van der Waals surface area contributed by atoms with Gasteiger partial charge in [0.25, 0.3) is 0 Å². The van der Waals surface area contributed by atoms with Gasteiger partial charge in [0.05, 0.1) is 19.8 Å². The highest BCUT2D eigenvalue weighted by Crippen LogP contribution is 2.26. The van der Waals surface area contributed by atoms with E-state index in [1.807, 2.05) is 0 Å². The Labute approximate surface area is 429 Å². The fourth-order valence-electron chi connectivity index (χ4n) is 9.14. The molecule has 1 fully saturated rings. The van der Waals surface area contributed by atoms with Crippen molar-refractivity contribution in [2.24, 2.45) is 0 Å². The molecule has 0 aliphatic carbocycles. The Morgan fingerprint density at radius 2 is 0.900 bits per heavy atom. The summed E-state index contributed by atoms with van der Waals surface area (Å²) in [6, 6.07) is 0. The van der Waals surface area contributed by atoms with Crippen LogP contribution in [0.15, 0.2) is 24.3 Å². The van der Waals surface area contributed by atoms with Gasteiger partial charge in [0.2, 0.25) is 0 Å². The highest BCUT2D eigenvalue weighted by Gasteiger charge is 2.48. The molecule has 13 heteroatoms. The van der Waals surface area contributed by atoms with E-state index in [1.165, 1.54) is 205 Å². The van der Waals surface area contributed by atoms with E-state index in [2.05, 4.69) is 42.3 Å². The summed E-state index contributed by atoms with van der Waals surface area (Å²) < 4.78 is 59.4. The van der Waals surface area contributed by atoms with Gasteiger partial charge in [-0.3, -0.25) is 9.35 Å². The summed E-state index contributed by atoms with van der Waals surface area (Å²) in [5.74, 6) is -0.395. The summed E-state index contributed by atoms with van der Waals surface area (Å²) in [5, 5.41) is 30.8. The largest absolute Gasteiger partial charge is 0.457 e. The molecule has 1 aliphatic heterocycles. The first-order valence-electron chi connectivity index (χ1n) is 29.1. The number of carbonyl (C=O) groups excluding carboxylic acids is 1. The van der Waals surface area contributed by atoms with Crippen molar-refractivity contribution in [2.45, 2.75) is 307 Å². The van der Waals surface area contributed by atoms with Gasteiger partial charge in [0, 0.05) is 13.0 Å². The number of esters is 1. The zero-order chi connectivity index (χ0) is 51.0. The van der Waals surface area contributed by atoms with Gasteiger partial charge in [0.15, 0.2) is 6.29 Å². The second kappa shape index (κ2) is 48.5. The molecule has 1 rings (SSSR count). The molecule has 0 aromatic rings. The molecule has 70 heavy (non-hydrogen) atoms. The minimum atomic E-state index is -5.07. The standard InChI is InChI=1S/C57H108O12S/c1-3-5-7-9-11-13-15-17-19-21-23-25-26-27-28-30-32-34-36-38-40-42-44-46-53(59)67-51(50-66-57-55(61)56(69-70(62,63)64)54(60)52(48-58)68-57)49-65-47-45-43-41-39-37-35-33-31-29-24-22-20-18-16-14-12-10-8-6-4-2/h18,20-21,23,51-52,54-58,60-61H,3-17,19,22,24-50H2,1-2H3,(H,62,63,64)/b20-18-,23-21-. The molecule has 6 unspecified atom stereocenters. The van der Waals surface area contributed by atoms with Crippen molar-refractivity contribution < 1.29 is 56.2 Å². The second-order valence-electron chi connectivity index (χ2n) is 20.2. The predicted molar refractivity (Wildman–Crippen MR) is 285 cm³/mol. The maximum Gasteiger partial charge on any atom is 0.397 e. The number of aliphatic hydroxyl groups excluding tert-OH is 3. The first kappa shape index (κ1) is 66.6. The van der Waals surface area contributed by atoms with Crippen LogP contribution in [-0.4, -0.2) is 97.5 Å². The molecule has 0 radical (unpaired) electrons. The summed E-state index contributed by atoms with van der Waals surface area (Å²) in [5.41, 5.74) is 0. The monoisotopic (exact) mass is 1020 g/mol. The number of hydrogen-bond donors (Lipinski definition) is 4. The van der Waals surface area contributed by atoms with Crippen LogP contribution in [-0.2, 0) is 38.3 Å². The fourth-order valence-corrected chi connectivity index (χ4v) is 9.64.